The van der Waals surface area contributed by atoms with E-state index < -0.39 is 0 Å². The average Bonchev–Trinajstić information content (AvgIpc) is 3.61. The summed E-state index contributed by atoms with van der Waals surface area (Å²) >= 11 is 0. The molecule has 0 aliphatic carbocycles. The van der Waals surface area contributed by atoms with Crippen LogP contribution in [0.15, 0.2) is 59.6 Å². The summed E-state index contributed by atoms with van der Waals surface area (Å²) in [4.78, 5) is 26.5. The van der Waals surface area contributed by atoms with Gasteiger partial charge in [0.25, 0.3) is 0 Å². The molecule has 2 aliphatic rings. The third-order valence-electron chi connectivity index (χ3n) is 7.62. The molecular weight excluding hydrogens is 476 g/mol. The van der Waals surface area contributed by atoms with Gasteiger partial charge >= 0.3 is 0 Å². The van der Waals surface area contributed by atoms with Gasteiger partial charge in [0.1, 0.15) is 0 Å². The molecule has 2 aromatic carbocycles. The van der Waals surface area contributed by atoms with Crippen molar-refractivity contribution in [2.75, 3.05) is 24.5 Å². The van der Waals surface area contributed by atoms with Crippen molar-refractivity contribution in [1.82, 2.24) is 29.7 Å². The number of nitrogens with one attached hydrogen (secondary N) is 1. The van der Waals surface area contributed by atoms with E-state index >= 15 is 0 Å². The third kappa shape index (κ3) is 3.95. The van der Waals surface area contributed by atoms with Crippen molar-refractivity contribution in [3.05, 3.63) is 88.5 Å². The number of nitrogens with zero attached hydrogens (tertiary/aromatic N) is 7. The van der Waals surface area contributed by atoms with Gasteiger partial charge in [0.05, 0.1) is 24.3 Å². The number of hydrogen-bond donors (Lipinski definition) is 1. The summed E-state index contributed by atoms with van der Waals surface area (Å²) in [6, 6.07) is 18.6. The van der Waals surface area contributed by atoms with Crippen LogP contribution in [0, 0.1) is 6.92 Å². The van der Waals surface area contributed by atoms with Crippen molar-refractivity contribution in [2.24, 2.45) is 4.99 Å². The number of benzene rings is 2. The summed E-state index contributed by atoms with van der Waals surface area (Å²) in [5, 5.41) is 13.4. The number of aromatic nitrogens is 5. The van der Waals surface area contributed by atoms with E-state index in [1.165, 1.54) is 11.1 Å². The fourth-order valence-corrected chi connectivity index (χ4v) is 5.56. The third-order valence-corrected chi connectivity index (χ3v) is 7.62. The summed E-state index contributed by atoms with van der Waals surface area (Å²) in [6.45, 7) is 7.21. The van der Waals surface area contributed by atoms with Crippen molar-refractivity contribution in [3.63, 3.8) is 0 Å². The number of H-pyrrole nitrogens is 1. The highest BCUT2D eigenvalue weighted by atomic mass is 16.2. The number of carbonyl (C=O) groups is 1. The molecular formula is C29H28N8O. The van der Waals surface area contributed by atoms with Gasteiger partial charge in [0, 0.05) is 54.1 Å². The Hall–Kier alpha value is -4.37. The first-order chi connectivity index (χ1) is 18.5. The molecule has 9 heteroatoms. The Balaban J connectivity index is 1.06. The number of pyridine rings is 1. The second-order valence-corrected chi connectivity index (χ2v) is 10.2. The minimum absolute atomic E-state index is 0.113. The van der Waals surface area contributed by atoms with Gasteiger partial charge in [0.2, 0.25) is 5.91 Å². The number of rotatable bonds is 5. The number of amides is 1. The van der Waals surface area contributed by atoms with E-state index in [2.05, 4.69) is 56.5 Å². The Labute approximate surface area is 219 Å². The summed E-state index contributed by atoms with van der Waals surface area (Å²) in [7, 11) is 0. The summed E-state index contributed by atoms with van der Waals surface area (Å²) in [6.07, 6.45) is 0.630. The lowest BCUT2D eigenvalue weighted by Crippen LogP contribution is -2.50. The highest BCUT2D eigenvalue weighted by Crippen LogP contribution is 2.26. The van der Waals surface area contributed by atoms with Crippen LogP contribution in [-0.2, 0) is 24.3 Å². The molecule has 0 spiro atoms. The first kappa shape index (κ1) is 22.8. The standard InChI is InChI=1S/C29H28N8O/c1-18-24-9-7-22(14-21(24)15-30-18)36-11-10-35(17-29(36)38)16-23-4-3-5-28-31-27(34-37(23)28)13-20-6-8-25-19(2)32-33-26(25)12-20/h3-9,12,14H,10-11,13,15-17H2,1-2H3,(H,32,33). The maximum absolute atomic E-state index is 13.1. The lowest BCUT2D eigenvalue weighted by Gasteiger charge is -2.34. The minimum atomic E-state index is 0.113. The van der Waals surface area contributed by atoms with Crippen LogP contribution in [0.25, 0.3) is 16.6 Å². The Kier molecular flexibility index (Phi) is 5.33. The molecule has 0 saturated carbocycles. The van der Waals surface area contributed by atoms with Gasteiger partial charge in [-0.2, -0.15) is 10.2 Å². The molecule has 9 nitrogen and oxygen atoms in total. The molecule has 0 unspecified atom stereocenters. The van der Waals surface area contributed by atoms with Crippen molar-refractivity contribution in [1.29, 1.82) is 0 Å². The van der Waals surface area contributed by atoms with Crippen molar-refractivity contribution >= 4 is 33.9 Å². The van der Waals surface area contributed by atoms with E-state index in [9.17, 15) is 4.79 Å². The largest absolute Gasteiger partial charge is 0.310 e. The van der Waals surface area contributed by atoms with E-state index in [0.717, 1.165) is 57.3 Å². The summed E-state index contributed by atoms with van der Waals surface area (Å²) in [5.41, 5.74) is 9.40. The molecule has 1 saturated heterocycles. The van der Waals surface area contributed by atoms with Crippen molar-refractivity contribution in [3.8, 4) is 0 Å². The summed E-state index contributed by atoms with van der Waals surface area (Å²) in [5.74, 6) is 0.878. The number of aliphatic imine (C=N–C) groups is 1. The van der Waals surface area contributed by atoms with E-state index in [1.54, 1.807) is 0 Å². The Morgan fingerprint density at radius 2 is 1.95 bits per heavy atom. The lowest BCUT2D eigenvalue weighted by atomic mass is 10.0. The molecule has 0 bridgehead atoms. The van der Waals surface area contributed by atoms with Gasteiger partial charge in [-0.05, 0) is 55.3 Å². The normalized spacial score (nSPS) is 16.0. The predicted molar refractivity (Wildman–Crippen MR) is 147 cm³/mol. The zero-order valence-corrected chi connectivity index (χ0v) is 21.5. The molecule has 1 amide bonds. The fourth-order valence-electron chi connectivity index (χ4n) is 5.56. The molecule has 0 radical (unpaired) electrons. The van der Waals surface area contributed by atoms with Crippen LogP contribution in [0.4, 0.5) is 5.69 Å². The van der Waals surface area contributed by atoms with Crippen LogP contribution >= 0.6 is 0 Å². The molecule has 1 fully saturated rings. The van der Waals surface area contributed by atoms with Crippen molar-refractivity contribution in [2.45, 2.75) is 33.4 Å². The molecule has 5 heterocycles. The van der Waals surface area contributed by atoms with Gasteiger partial charge < -0.3 is 4.90 Å². The monoisotopic (exact) mass is 504 g/mol. The fraction of sp³-hybridized carbons (Fsp3) is 0.276. The number of aryl methyl sites for hydroxylation is 1. The molecule has 3 aromatic heterocycles. The van der Waals surface area contributed by atoms with Gasteiger partial charge in [-0.15, -0.1) is 0 Å². The smallest absolute Gasteiger partial charge is 0.241 e. The number of hydrogen-bond acceptors (Lipinski definition) is 6. The zero-order valence-electron chi connectivity index (χ0n) is 21.5. The first-order valence-electron chi connectivity index (χ1n) is 13.0. The van der Waals surface area contributed by atoms with E-state index in [4.69, 9.17) is 10.1 Å². The molecule has 2 aliphatic heterocycles. The van der Waals surface area contributed by atoms with E-state index in [-0.39, 0.29) is 5.91 Å². The Bertz CT molecular complexity index is 1750. The van der Waals surface area contributed by atoms with Crippen LogP contribution in [0.2, 0.25) is 0 Å². The SMILES string of the molecule is CC1=NCc2cc(N3CCN(Cc4cccc5nc(Cc6ccc7c(C)[nH]nc7c6)nn45)CC3=O)ccc21. The minimum Gasteiger partial charge on any atom is -0.310 e. The maximum atomic E-state index is 13.1. The molecule has 0 atom stereocenters. The van der Waals surface area contributed by atoms with Gasteiger partial charge in [-0.1, -0.05) is 24.3 Å². The average molecular weight is 505 g/mol. The molecule has 7 rings (SSSR count). The number of aromatic amines is 1. The molecule has 1 N–H and O–H groups in total. The maximum Gasteiger partial charge on any atom is 0.241 e. The number of carbonyl (C=O) groups excluding carboxylic acids is 1. The molecule has 38 heavy (non-hydrogen) atoms. The quantitative estimate of drug-likeness (QED) is 0.394. The highest BCUT2D eigenvalue weighted by Gasteiger charge is 2.27. The van der Waals surface area contributed by atoms with E-state index in [1.807, 2.05) is 41.5 Å². The number of anilines is 1. The van der Waals surface area contributed by atoms with Crippen LogP contribution in [-0.4, -0.2) is 60.9 Å². The van der Waals surface area contributed by atoms with Crippen molar-refractivity contribution < 1.29 is 4.79 Å². The highest BCUT2D eigenvalue weighted by molar-refractivity contribution is 6.03. The van der Waals surface area contributed by atoms with Gasteiger partial charge in [-0.3, -0.25) is 19.8 Å². The second kappa shape index (κ2) is 8.88. The Morgan fingerprint density at radius 1 is 1.03 bits per heavy atom. The van der Waals surface area contributed by atoms with Gasteiger partial charge in [-0.25, -0.2) is 9.50 Å². The molecule has 190 valence electrons. The lowest BCUT2D eigenvalue weighted by molar-refractivity contribution is -0.121. The molecule has 5 aromatic rings. The number of piperazine rings is 1. The van der Waals surface area contributed by atoms with Crippen LogP contribution in [0.3, 0.4) is 0 Å². The second-order valence-electron chi connectivity index (χ2n) is 10.2. The Morgan fingerprint density at radius 3 is 2.84 bits per heavy atom. The van der Waals surface area contributed by atoms with Crippen LogP contribution < -0.4 is 4.90 Å². The summed E-state index contributed by atoms with van der Waals surface area (Å²) < 4.78 is 1.91. The van der Waals surface area contributed by atoms with Crippen LogP contribution in [0.5, 0.6) is 0 Å². The van der Waals surface area contributed by atoms with E-state index in [0.29, 0.717) is 32.6 Å². The zero-order chi connectivity index (χ0) is 25.8. The van der Waals surface area contributed by atoms with Crippen LogP contribution in [0.1, 0.15) is 40.8 Å². The number of fused-ring (bicyclic) bond motifs is 3. The predicted octanol–water partition coefficient (Wildman–Crippen LogP) is 3.68. The van der Waals surface area contributed by atoms with Gasteiger partial charge in [0.15, 0.2) is 11.5 Å². The first-order valence-corrected chi connectivity index (χ1v) is 13.0. The topological polar surface area (TPSA) is 94.8 Å².